The summed E-state index contributed by atoms with van der Waals surface area (Å²) in [6.45, 7) is 0. The number of nitrogens with zero attached hydrogens (tertiary/aromatic N) is 1. The number of ether oxygens (including phenoxy) is 1. The molecule has 0 fully saturated rings. The molecule has 0 saturated carbocycles. The van der Waals surface area contributed by atoms with Crippen LogP contribution in [0.2, 0.25) is 15.1 Å². The Morgan fingerprint density at radius 1 is 1.13 bits per heavy atom. The van der Waals surface area contributed by atoms with Crippen molar-refractivity contribution in [2.45, 2.75) is 0 Å². The van der Waals surface area contributed by atoms with Crippen molar-refractivity contribution in [2.24, 2.45) is 0 Å². The molecule has 5 nitrogen and oxygen atoms in total. The highest BCUT2D eigenvalue weighted by Gasteiger charge is 2.16. The number of benzene rings is 2. The van der Waals surface area contributed by atoms with Gasteiger partial charge < -0.3 is 13.8 Å². The number of hydrogen-bond acceptors (Lipinski definition) is 5. The molecular formula is C14H9Cl3N2O3S. The second-order valence-corrected chi connectivity index (χ2v) is 6.88. The molecule has 23 heavy (non-hydrogen) atoms. The van der Waals surface area contributed by atoms with Gasteiger partial charge in [-0.15, -0.1) is 0 Å². The van der Waals surface area contributed by atoms with Crippen LogP contribution in [0.1, 0.15) is 0 Å². The van der Waals surface area contributed by atoms with Crippen molar-refractivity contribution in [1.29, 1.82) is 0 Å². The predicted octanol–water partition coefficient (Wildman–Crippen LogP) is 5.29. The van der Waals surface area contributed by atoms with Gasteiger partial charge in [0.1, 0.15) is 17.8 Å². The lowest BCUT2D eigenvalue weighted by Crippen LogP contribution is -2.09. The largest absolute Gasteiger partial charge is 0.593 e. The van der Waals surface area contributed by atoms with Crippen LogP contribution in [-0.4, -0.2) is 16.0 Å². The van der Waals surface area contributed by atoms with Crippen molar-refractivity contribution in [3.8, 4) is 11.5 Å². The Hall–Kier alpha value is -1.31. The minimum absolute atomic E-state index is 0.344. The minimum atomic E-state index is -1.27. The summed E-state index contributed by atoms with van der Waals surface area (Å²) < 4.78 is 24.8. The maximum Gasteiger partial charge on any atom is 0.220 e. The van der Waals surface area contributed by atoms with E-state index in [1.165, 1.54) is 6.26 Å². The summed E-state index contributed by atoms with van der Waals surface area (Å²) in [5.74, 6) is 1.20. The average Bonchev–Trinajstić information content (AvgIpc) is 2.85. The Balaban J connectivity index is 1.95. The summed E-state index contributed by atoms with van der Waals surface area (Å²) in [4.78, 5) is 0. The third-order valence-electron chi connectivity index (χ3n) is 2.88. The topological polar surface area (TPSA) is 70.3 Å². The molecule has 0 saturated heterocycles. The molecule has 0 amide bonds. The van der Waals surface area contributed by atoms with E-state index in [2.05, 4.69) is 9.88 Å². The third kappa shape index (κ3) is 3.62. The van der Waals surface area contributed by atoms with Gasteiger partial charge in [-0.1, -0.05) is 40.0 Å². The lowest BCUT2D eigenvalue weighted by Gasteiger charge is -2.08. The summed E-state index contributed by atoms with van der Waals surface area (Å²) in [6, 6.07) is 8.09. The molecule has 0 aliphatic rings. The van der Waals surface area contributed by atoms with Crippen LogP contribution in [0.3, 0.4) is 0 Å². The van der Waals surface area contributed by atoms with Crippen molar-refractivity contribution >= 4 is 63.0 Å². The molecule has 0 spiro atoms. The van der Waals surface area contributed by atoms with Gasteiger partial charge in [0.25, 0.3) is 0 Å². The van der Waals surface area contributed by atoms with E-state index in [0.717, 1.165) is 0 Å². The van der Waals surface area contributed by atoms with Crippen LogP contribution in [0.4, 0.5) is 5.82 Å². The van der Waals surface area contributed by atoms with Gasteiger partial charge in [-0.05, 0) is 18.2 Å². The minimum Gasteiger partial charge on any atom is -0.593 e. The fourth-order valence-electron chi connectivity index (χ4n) is 1.89. The molecular weight excluding hydrogens is 383 g/mol. The molecule has 1 N–H and O–H groups in total. The number of nitrogens with one attached hydrogen (secondary N) is 1. The molecule has 0 aliphatic carbocycles. The molecule has 1 aromatic heterocycles. The summed E-state index contributed by atoms with van der Waals surface area (Å²) in [5, 5.41) is 5.57. The third-order valence-corrected chi connectivity index (χ3v) is 4.40. The normalized spacial score (nSPS) is 12.4. The predicted molar refractivity (Wildman–Crippen MR) is 93.2 cm³/mol. The first-order valence-corrected chi connectivity index (χ1v) is 8.95. The zero-order chi connectivity index (χ0) is 16.6. The number of anilines is 1. The lowest BCUT2D eigenvalue weighted by molar-refractivity contribution is 0.454. The van der Waals surface area contributed by atoms with E-state index in [1.54, 1.807) is 30.3 Å². The first-order chi connectivity index (χ1) is 10.9. The fraction of sp³-hybridized carbons (Fsp3) is 0.0714. The zero-order valence-corrected chi connectivity index (χ0v) is 14.7. The molecule has 0 aliphatic heterocycles. The van der Waals surface area contributed by atoms with Crippen LogP contribution in [0, 0.1) is 0 Å². The summed E-state index contributed by atoms with van der Waals surface area (Å²) in [6.07, 6.45) is 1.49. The van der Waals surface area contributed by atoms with E-state index >= 15 is 0 Å². The van der Waals surface area contributed by atoms with Gasteiger partial charge in [-0.2, -0.15) is 4.72 Å². The molecule has 3 aromatic rings. The smallest absolute Gasteiger partial charge is 0.220 e. The second kappa shape index (κ2) is 6.67. The summed E-state index contributed by atoms with van der Waals surface area (Å²) in [7, 11) is 0. The Labute approximate surface area is 149 Å². The Morgan fingerprint density at radius 2 is 1.91 bits per heavy atom. The van der Waals surface area contributed by atoms with E-state index in [-0.39, 0.29) is 0 Å². The van der Waals surface area contributed by atoms with Gasteiger partial charge >= 0.3 is 0 Å². The zero-order valence-electron chi connectivity index (χ0n) is 11.6. The molecule has 1 unspecified atom stereocenters. The monoisotopic (exact) mass is 390 g/mol. The SMILES string of the molecule is C[S+]([O-])Nc1noc2cc(Oc3ccc(Cl)c(Cl)c3)c(Cl)cc12. The Bertz CT molecular complexity index is 870. The molecule has 0 bridgehead atoms. The Kier molecular flexibility index (Phi) is 4.79. The van der Waals surface area contributed by atoms with Crippen molar-refractivity contribution in [2.75, 3.05) is 11.0 Å². The maximum atomic E-state index is 11.2. The molecule has 3 rings (SSSR count). The lowest BCUT2D eigenvalue weighted by atomic mass is 10.2. The van der Waals surface area contributed by atoms with Gasteiger partial charge in [0.2, 0.25) is 5.82 Å². The van der Waals surface area contributed by atoms with E-state index in [9.17, 15) is 4.55 Å². The van der Waals surface area contributed by atoms with E-state index in [1.807, 2.05) is 0 Å². The average molecular weight is 392 g/mol. The summed E-state index contributed by atoms with van der Waals surface area (Å²) in [5.41, 5.74) is 0.442. The van der Waals surface area contributed by atoms with Crippen LogP contribution < -0.4 is 9.46 Å². The maximum absolute atomic E-state index is 11.2. The first-order valence-electron chi connectivity index (χ1n) is 6.26. The molecule has 120 valence electrons. The van der Waals surface area contributed by atoms with E-state index < -0.39 is 11.4 Å². The van der Waals surface area contributed by atoms with Gasteiger partial charge in [0.15, 0.2) is 5.58 Å². The van der Waals surface area contributed by atoms with Gasteiger partial charge in [-0.25, -0.2) is 0 Å². The molecule has 2 aromatic carbocycles. The number of hydrogen-bond donors (Lipinski definition) is 1. The standard InChI is InChI=1S/C14H9Cl3N2O3S/c1-23(20)19-14-8-5-11(17)13(6-12(8)22-18-14)21-7-2-3-9(15)10(16)4-7/h2-6H,1H3,(H,18,19). The quantitative estimate of drug-likeness (QED) is 0.612. The molecule has 1 heterocycles. The van der Waals surface area contributed by atoms with Crippen LogP contribution in [0.15, 0.2) is 34.9 Å². The second-order valence-electron chi connectivity index (χ2n) is 4.54. The summed E-state index contributed by atoms with van der Waals surface area (Å²) >= 11 is 16.8. The van der Waals surface area contributed by atoms with E-state index in [4.69, 9.17) is 44.1 Å². The van der Waals surface area contributed by atoms with Crippen LogP contribution in [0.5, 0.6) is 11.5 Å². The highest BCUT2D eigenvalue weighted by atomic mass is 35.5. The highest BCUT2D eigenvalue weighted by molar-refractivity contribution is 7.92. The highest BCUT2D eigenvalue weighted by Crippen LogP contribution is 2.37. The van der Waals surface area contributed by atoms with Crippen LogP contribution in [0.25, 0.3) is 11.0 Å². The molecule has 0 radical (unpaired) electrons. The van der Waals surface area contributed by atoms with Crippen LogP contribution >= 0.6 is 34.8 Å². The number of fused-ring (bicyclic) bond motifs is 1. The fourth-order valence-corrected chi connectivity index (χ4v) is 2.80. The van der Waals surface area contributed by atoms with E-state index in [0.29, 0.717) is 43.4 Å². The van der Waals surface area contributed by atoms with Gasteiger partial charge in [0.05, 0.1) is 31.8 Å². The van der Waals surface area contributed by atoms with Crippen molar-refractivity contribution in [1.82, 2.24) is 5.16 Å². The Morgan fingerprint density at radius 3 is 2.61 bits per heavy atom. The van der Waals surface area contributed by atoms with Crippen molar-refractivity contribution < 1.29 is 13.8 Å². The first kappa shape index (κ1) is 16.5. The molecule has 9 heteroatoms. The number of aromatic nitrogens is 1. The van der Waals surface area contributed by atoms with Gasteiger partial charge in [0, 0.05) is 12.1 Å². The van der Waals surface area contributed by atoms with Gasteiger partial charge in [-0.3, -0.25) is 0 Å². The van der Waals surface area contributed by atoms with Crippen LogP contribution in [-0.2, 0) is 11.4 Å². The van der Waals surface area contributed by atoms with Crippen molar-refractivity contribution in [3.05, 3.63) is 45.4 Å². The van der Waals surface area contributed by atoms with Crippen molar-refractivity contribution in [3.63, 3.8) is 0 Å². The number of halogens is 3. The molecule has 1 atom stereocenters. The number of rotatable bonds is 4.